The summed E-state index contributed by atoms with van der Waals surface area (Å²) >= 11 is 0. The minimum atomic E-state index is -1.22. The molecule has 0 bridgehead atoms. The summed E-state index contributed by atoms with van der Waals surface area (Å²) < 4.78 is 11.1. The molecule has 2 amide bonds. The first-order chi connectivity index (χ1) is 12.7. The molecule has 0 N–H and O–H groups in total. The molecule has 1 unspecified atom stereocenters. The number of benzene rings is 1. The van der Waals surface area contributed by atoms with Crippen molar-refractivity contribution in [3.8, 4) is 5.75 Å². The zero-order valence-electron chi connectivity index (χ0n) is 16.6. The molecule has 2 heterocycles. The maximum absolute atomic E-state index is 13.2. The number of ether oxygens (including phenoxy) is 2. The molecule has 1 aromatic rings. The second-order valence-electron chi connectivity index (χ2n) is 8.40. The van der Waals surface area contributed by atoms with E-state index in [0.717, 1.165) is 11.6 Å². The molecule has 146 valence electrons. The number of carbonyl (C=O) groups excluding carboxylic acids is 2. The maximum Gasteiger partial charge on any atom is 0.257 e. The van der Waals surface area contributed by atoms with E-state index < -0.39 is 14.1 Å². The molecule has 7 heteroatoms. The molecule has 6 nitrogen and oxygen atoms in total. The van der Waals surface area contributed by atoms with Gasteiger partial charge in [-0.25, -0.2) is 0 Å². The second-order valence-corrected chi connectivity index (χ2v) is 14.0. The number of hydrogen-bond acceptors (Lipinski definition) is 4. The van der Waals surface area contributed by atoms with Crippen LogP contribution in [0.4, 0.5) is 5.69 Å². The van der Waals surface area contributed by atoms with Crippen LogP contribution in [0.3, 0.4) is 0 Å². The van der Waals surface area contributed by atoms with Crippen LogP contribution in [0.1, 0.15) is 16.8 Å². The standard InChI is InChI=1S/C20H28N2O4Si/c1-14-10-18-20(24)22(13-26-8-9-27(3,4)5)17-7-6-15(25-2)11-16(17)19(23)21(18)12-14/h6-7,11,18H,1,8-10,12-13H2,2-5H3. The van der Waals surface area contributed by atoms with Crippen LogP contribution in [0.25, 0.3) is 0 Å². The summed E-state index contributed by atoms with van der Waals surface area (Å²) in [6, 6.07) is 5.75. The normalized spacial score (nSPS) is 19.9. The van der Waals surface area contributed by atoms with Gasteiger partial charge in [-0.1, -0.05) is 31.8 Å². The molecule has 1 aromatic carbocycles. The van der Waals surface area contributed by atoms with Crippen LogP contribution in [-0.4, -0.2) is 57.8 Å². The van der Waals surface area contributed by atoms with E-state index in [-0.39, 0.29) is 18.5 Å². The van der Waals surface area contributed by atoms with Gasteiger partial charge in [0.1, 0.15) is 18.5 Å². The number of fused-ring (bicyclic) bond motifs is 2. The van der Waals surface area contributed by atoms with Gasteiger partial charge in [0.25, 0.3) is 11.8 Å². The van der Waals surface area contributed by atoms with Crippen molar-refractivity contribution in [2.24, 2.45) is 0 Å². The zero-order valence-corrected chi connectivity index (χ0v) is 17.6. The van der Waals surface area contributed by atoms with Crippen LogP contribution in [-0.2, 0) is 9.53 Å². The average molecular weight is 389 g/mol. The van der Waals surface area contributed by atoms with Crippen molar-refractivity contribution < 1.29 is 19.1 Å². The third-order valence-electron chi connectivity index (χ3n) is 5.01. The Balaban J connectivity index is 1.91. The first-order valence-electron chi connectivity index (χ1n) is 9.26. The average Bonchev–Trinajstić information content (AvgIpc) is 2.98. The number of rotatable bonds is 6. The van der Waals surface area contributed by atoms with Crippen molar-refractivity contribution >= 4 is 25.6 Å². The summed E-state index contributed by atoms with van der Waals surface area (Å²) in [5.41, 5.74) is 1.94. The second kappa shape index (κ2) is 7.48. The smallest absolute Gasteiger partial charge is 0.257 e. The van der Waals surface area contributed by atoms with Gasteiger partial charge in [0, 0.05) is 21.2 Å². The lowest BCUT2D eigenvalue weighted by molar-refractivity contribution is -0.123. The van der Waals surface area contributed by atoms with Crippen molar-refractivity contribution in [1.29, 1.82) is 0 Å². The van der Waals surface area contributed by atoms with Crippen LogP contribution >= 0.6 is 0 Å². The van der Waals surface area contributed by atoms with Gasteiger partial charge in [-0.2, -0.15) is 0 Å². The van der Waals surface area contributed by atoms with Crippen molar-refractivity contribution in [3.63, 3.8) is 0 Å². The van der Waals surface area contributed by atoms with E-state index in [1.54, 1.807) is 35.1 Å². The van der Waals surface area contributed by atoms with Crippen LogP contribution in [0.5, 0.6) is 5.75 Å². The van der Waals surface area contributed by atoms with E-state index in [9.17, 15) is 9.59 Å². The molecule has 0 spiro atoms. The summed E-state index contributed by atoms with van der Waals surface area (Å²) in [4.78, 5) is 29.5. The zero-order chi connectivity index (χ0) is 19.8. The molecule has 2 aliphatic heterocycles. The highest BCUT2D eigenvalue weighted by atomic mass is 28.3. The third-order valence-corrected chi connectivity index (χ3v) is 6.71. The summed E-state index contributed by atoms with van der Waals surface area (Å²) in [5.74, 6) is 0.315. The minimum Gasteiger partial charge on any atom is -0.497 e. The van der Waals surface area contributed by atoms with Crippen molar-refractivity contribution in [2.75, 3.05) is 31.9 Å². The van der Waals surface area contributed by atoms with Gasteiger partial charge in [0.05, 0.1) is 18.4 Å². The van der Waals surface area contributed by atoms with Gasteiger partial charge in [-0.15, -0.1) is 0 Å². The predicted molar refractivity (Wildman–Crippen MR) is 108 cm³/mol. The Morgan fingerprint density at radius 2 is 2.00 bits per heavy atom. The molecule has 0 aliphatic carbocycles. The predicted octanol–water partition coefficient (Wildman–Crippen LogP) is 3.12. The monoisotopic (exact) mass is 388 g/mol. The van der Waals surface area contributed by atoms with E-state index in [4.69, 9.17) is 9.47 Å². The van der Waals surface area contributed by atoms with Gasteiger partial charge < -0.3 is 14.4 Å². The fourth-order valence-electron chi connectivity index (χ4n) is 3.40. The summed E-state index contributed by atoms with van der Waals surface area (Å²) in [6.07, 6.45) is 0.501. The Kier molecular flexibility index (Phi) is 5.44. The highest BCUT2D eigenvalue weighted by molar-refractivity contribution is 6.76. The van der Waals surface area contributed by atoms with Gasteiger partial charge in [0.2, 0.25) is 0 Å². The maximum atomic E-state index is 13.2. The first kappa shape index (κ1) is 19.6. The van der Waals surface area contributed by atoms with Gasteiger partial charge in [-0.05, 0) is 30.7 Å². The summed E-state index contributed by atoms with van der Waals surface area (Å²) in [5, 5.41) is 0. The highest BCUT2D eigenvalue weighted by Crippen LogP contribution is 2.35. The lowest BCUT2D eigenvalue weighted by Crippen LogP contribution is -2.45. The Morgan fingerprint density at radius 3 is 2.67 bits per heavy atom. The van der Waals surface area contributed by atoms with E-state index in [1.807, 2.05) is 0 Å². The van der Waals surface area contributed by atoms with Crippen molar-refractivity contribution in [1.82, 2.24) is 4.90 Å². The molecule has 3 rings (SSSR count). The van der Waals surface area contributed by atoms with Crippen molar-refractivity contribution in [3.05, 3.63) is 35.9 Å². The first-order valence-corrected chi connectivity index (χ1v) is 13.0. The fourth-order valence-corrected chi connectivity index (χ4v) is 4.16. The fraction of sp³-hybridized carbons (Fsp3) is 0.500. The number of methoxy groups -OCH3 is 1. The van der Waals surface area contributed by atoms with Crippen molar-refractivity contribution in [2.45, 2.75) is 38.1 Å². The summed E-state index contributed by atoms with van der Waals surface area (Å²) in [7, 11) is 0.346. The van der Waals surface area contributed by atoms with E-state index in [1.165, 1.54) is 0 Å². The molecule has 1 fully saturated rings. The molecular formula is C20H28N2O4Si. The van der Waals surface area contributed by atoms with Gasteiger partial charge in [0.15, 0.2) is 0 Å². The van der Waals surface area contributed by atoms with Crippen LogP contribution in [0.15, 0.2) is 30.4 Å². The summed E-state index contributed by atoms with van der Waals surface area (Å²) in [6.45, 7) is 12.0. The molecule has 1 saturated heterocycles. The molecule has 0 saturated carbocycles. The number of hydrogen-bond donors (Lipinski definition) is 0. The molecule has 27 heavy (non-hydrogen) atoms. The molecule has 0 radical (unpaired) electrons. The van der Waals surface area contributed by atoms with E-state index in [2.05, 4.69) is 26.2 Å². The molecule has 1 atom stereocenters. The molecule has 0 aromatic heterocycles. The largest absolute Gasteiger partial charge is 0.497 e. The quantitative estimate of drug-likeness (QED) is 0.427. The van der Waals surface area contributed by atoms with Gasteiger partial charge >= 0.3 is 0 Å². The minimum absolute atomic E-state index is 0.112. The topological polar surface area (TPSA) is 59.1 Å². The van der Waals surface area contributed by atoms with E-state index in [0.29, 0.717) is 36.6 Å². The molecular weight excluding hydrogens is 360 g/mol. The third kappa shape index (κ3) is 4.09. The van der Waals surface area contributed by atoms with Crippen LogP contribution < -0.4 is 9.64 Å². The number of carbonyl (C=O) groups is 2. The Hall–Kier alpha value is -2.12. The Morgan fingerprint density at radius 1 is 1.26 bits per heavy atom. The highest BCUT2D eigenvalue weighted by Gasteiger charge is 2.43. The number of nitrogens with zero attached hydrogens (tertiary/aromatic N) is 2. The molecule has 2 aliphatic rings. The number of anilines is 1. The number of amides is 2. The lowest BCUT2D eigenvalue weighted by atomic mass is 10.1. The SMILES string of the molecule is C=C1CC2C(=O)N(COCC[Si](C)(C)C)c3ccc(OC)cc3C(=O)N2C1. The Bertz CT molecular complexity index is 772. The van der Waals surface area contributed by atoms with Crippen LogP contribution in [0, 0.1) is 0 Å². The van der Waals surface area contributed by atoms with E-state index >= 15 is 0 Å². The Labute approximate surface area is 161 Å². The lowest BCUT2D eigenvalue weighted by Gasteiger charge is -2.26. The van der Waals surface area contributed by atoms with Crippen LogP contribution in [0.2, 0.25) is 25.7 Å². The van der Waals surface area contributed by atoms with Gasteiger partial charge in [-0.3, -0.25) is 14.5 Å².